The van der Waals surface area contributed by atoms with Crippen molar-refractivity contribution in [3.8, 4) is 0 Å². The molecule has 1 aliphatic rings. The van der Waals surface area contributed by atoms with E-state index < -0.39 is 0 Å². The highest BCUT2D eigenvalue weighted by atomic mass is 16.5. The number of carbonyl (C=O) groups is 1. The van der Waals surface area contributed by atoms with E-state index >= 15 is 0 Å². The van der Waals surface area contributed by atoms with Crippen LogP contribution in [-0.2, 0) is 20.9 Å². The average Bonchev–Trinajstić information content (AvgIpc) is 2.97. The summed E-state index contributed by atoms with van der Waals surface area (Å²) in [5.41, 5.74) is 4.04. The van der Waals surface area contributed by atoms with E-state index in [2.05, 4.69) is 0 Å². The van der Waals surface area contributed by atoms with E-state index in [4.69, 9.17) is 9.47 Å². The second-order valence-corrected chi connectivity index (χ2v) is 5.54. The topological polar surface area (TPSA) is 35.5 Å². The Kier molecular flexibility index (Phi) is 5.22. The summed E-state index contributed by atoms with van der Waals surface area (Å²) < 4.78 is 10.9. The third kappa shape index (κ3) is 4.08. The number of hydrogen-bond acceptors (Lipinski definition) is 3. The van der Waals surface area contributed by atoms with Crippen LogP contribution in [0.4, 0.5) is 0 Å². The van der Waals surface area contributed by atoms with Gasteiger partial charge in [0.15, 0.2) is 0 Å². The van der Waals surface area contributed by atoms with Crippen molar-refractivity contribution in [2.45, 2.75) is 19.4 Å². The van der Waals surface area contributed by atoms with Crippen molar-refractivity contribution >= 4 is 11.5 Å². The van der Waals surface area contributed by atoms with Gasteiger partial charge in [0.25, 0.3) is 0 Å². The van der Waals surface area contributed by atoms with Gasteiger partial charge in [-0.1, -0.05) is 60.7 Å². The van der Waals surface area contributed by atoms with Gasteiger partial charge in [-0.25, -0.2) is 4.79 Å². The zero-order valence-electron chi connectivity index (χ0n) is 13.0. The van der Waals surface area contributed by atoms with E-state index in [0.717, 1.165) is 28.7 Å². The largest absolute Gasteiger partial charge is 0.457 e. The van der Waals surface area contributed by atoms with Crippen LogP contribution in [0.5, 0.6) is 0 Å². The van der Waals surface area contributed by atoms with Crippen LogP contribution in [0.2, 0.25) is 0 Å². The van der Waals surface area contributed by atoms with Crippen LogP contribution in [0.25, 0.3) is 5.57 Å². The van der Waals surface area contributed by atoms with Crippen LogP contribution < -0.4 is 0 Å². The summed E-state index contributed by atoms with van der Waals surface area (Å²) in [6, 6.07) is 20.1. The van der Waals surface area contributed by atoms with Crippen LogP contribution in [0.15, 0.2) is 66.2 Å². The molecule has 0 atom stereocenters. The quantitative estimate of drug-likeness (QED) is 0.573. The Morgan fingerprint density at radius 1 is 0.957 bits per heavy atom. The van der Waals surface area contributed by atoms with Crippen molar-refractivity contribution in [1.29, 1.82) is 0 Å². The molecule has 0 bridgehead atoms. The van der Waals surface area contributed by atoms with Gasteiger partial charge in [-0.3, -0.25) is 0 Å². The monoisotopic (exact) mass is 308 g/mol. The van der Waals surface area contributed by atoms with Crippen LogP contribution >= 0.6 is 0 Å². The smallest absolute Gasteiger partial charge is 0.334 e. The van der Waals surface area contributed by atoms with E-state index in [1.54, 1.807) is 0 Å². The summed E-state index contributed by atoms with van der Waals surface area (Å²) in [5.74, 6) is -0.188. The number of cyclic esters (lactones) is 1. The van der Waals surface area contributed by atoms with E-state index in [9.17, 15) is 4.79 Å². The van der Waals surface area contributed by atoms with Crippen LogP contribution in [0.3, 0.4) is 0 Å². The molecule has 0 saturated carbocycles. The second kappa shape index (κ2) is 7.75. The Labute approximate surface area is 136 Å². The van der Waals surface area contributed by atoms with E-state index in [0.29, 0.717) is 26.2 Å². The van der Waals surface area contributed by atoms with Gasteiger partial charge >= 0.3 is 5.97 Å². The molecule has 1 heterocycles. The lowest BCUT2D eigenvalue weighted by Gasteiger charge is -2.06. The Morgan fingerprint density at radius 2 is 1.65 bits per heavy atom. The van der Waals surface area contributed by atoms with E-state index in [1.165, 1.54) is 0 Å². The molecule has 0 spiro atoms. The molecular weight excluding hydrogens is 288 g/mol. The highest BCUT2D eigenvalue weighted by molar-refractivity contribution is 6.01. The summed E-state index contributed by atoms with van der Waals surface area (Å²) >= 11 is 0. The first-order valence-corrected chi connectivity index (χ1v) is 7.91. The van der Waals surface area contributed by atoms with Gasteiger partial charge in [-0.2, -0.15) is 0 Å². The van der Waals surface area contributed by atoms with Crippen molar-refractivity contribution in [2.75, 3.05) is 13.2 Å². The fourth-order valence-corrected chi connectivity index (χ4v) is 2.70. The third-order valence-electron chi connectivity index (χ3n) is 3.91. The van der Waals surface area contributed by atoms with Gasteiger partial charge in [0.05, 0.1) is 6.61 Å². The molecule has 3 nitrogen and oxygen atoms in total. The molecule has 0 N–H and O–H groups in total. The molecule has 0 aromatic heterocycles. The number of hydrogen-bond donors (Lipinski definition) is 0. The minimum Gasteiger partial charge on any atom is -0.457 e. The van der Waals surface area contributed by atoms with Gasteiger partial charge in [-0.05, 0) is 24.0 Å². The molecule has 118 valence electrons. The number of carbonyl (C=O) groups excluding carboxylic acids is 1. The fourth-order valence-electron chi connectivity index (χ4n) is 2.70. The van der Waals surface area contributed by atoms with Gasteiger partial charge in [-0.15, -0.1) is 0 Å². The minimum atomic E-state index is -0.188. The number of rotatable bonds is 7. The molecular formula is C20H20O3. The van der Waals surface area contributed by atoms with Crippen molar-refractivity contribution in [1.82, 2.24) is 0 Å². The van der Waals surface area contributed by atoms with Crippen LogP contribution in [-0.4, -0.2) is 19.2 Å². The summed E-state index contributed by atoms with van der Waals surface area (Å²) in [6.45, 7) is 1.62. The highest BCUT2D eigenvalue weighted by Crippen LogP contribution is 2.28. The van der Waals surface area contributed by atoms with Gasteiger partial charge in [0.2, 0.25) is 0 Å². The molecule has 2 aromatic carbocycles. The maximum atomic E-state index is 11.9. The van der Waals surface area contributed by atoms with Crippen molar-refractivity contribution in [3.05, 3.63) is 77.4 Å². The molecule has 3 heteroatoms. The molecule has 1 aliphatic heterocycles. The summed E-state index contributed by atoms with van der Waals surface area (Å²) in [5, 5.41) is 0. The number of benzene rings is 2. The fraction of sp³-hybridized carbons (Fsp3) is 0.250. The molecule has 0 amide bonds. The lowest BCUT2D eigenvalue weighted by Crippen LogP contribution is -2.02. The third-order valence-corrected chi connectivity index (χ3v) is 3.91. The normalized spacial score (nSPS) is 14.2. The second-order valence-electron chi connectivity index (χ2n) is 5.54. The van der Waals surface area contributed by atoms with Gasteiger partial charge < -0.3 is 9.47 Å². The van der Waals surface area contributed by atoms with Gasteiger partial charge in [0.1, 0.15) is 6.61 Å². The lowest BCUT2D eigenvalue weighted by molar-refractivity contribution is -0.136. The molecule has 0 fully saturated rings. The van der Waals surface area contributed by atoms with Crippen LogP contribution in [0.1, 0.15) is 24.0 Å². The first kappa shape index (κ1) is 15.5. The number of esters is 1. The first-order valence-electron chi connectivity index (χ1n) is 7.91. The zero-order chi connectivity index (χ0) is 15.9. The summed E-state index contributed by atoms with van der Waals surface area (Å²) in [7, 11) is 0. The average molecular weight is 308 g/mol. The summed E-state index contributed by atoms with van der Waals surface area (Å²) in [6.07, 6.45) is 1.51. The maximum absolute atomic E-state index is 11.9. The molecule has 23 heavy (non-hydrogen) atoms. The predicted molar refractivity (Wildman–Crippen MR) is 89.7 cm³/mol. The van der Waals surface area contributed by atoms with Crippen molar-refractivity contribution in [2.24, 2.45) is 0 Å². The summed E-state index contributed by atoms with van der Waals surface area (Å²) in [4.78, 5) is 11.9. The number of ether oxygens (including phenoxy) is 2. The Morgan fingerprint density at radius 3 is 2.39 bits per heavy atom. The molecule has 0 radical (unpaired) electrons. The van der Waals surface area contributed by atoms with E-state index in [1.807, 2.05) is 60.7 Å². The molecule has 2 aromatic rings. The highest BCUT2D eigenvalue weighted by Gasteiger charge is 2.24. The zero-order valence-corrected chi connectivity index (χ0v) is 13.0. The van der Waals surface area contributed by atoms with Crippen molar-refractivity contribution < 1.29 is 14.3 Å². The SMILES string of the molecule is O=C1OCC(c2ccccc2)=C1CCCOCc1ccccc1. The van der Waals surface area contributed by atoms with Crippen LogP contribution in [0, 0.1) is 0 Å². The molecule has 0 unspecified atom stereocenters. The molecule has 3 rings (SSSR count). The molecule has 0 aliphatic carbocycles. The Balaban J connectivity index is 1.53. The van der Waals surface area contributed by atoms with Crippen molar-refractivity contribution in [3.63, 3.8) is 0 Å². The first-order chi connectivity index (χ1) is 11.3. The predicted octanol–water partition coefficient (Wildman–Crippen LogP) is 3.99. The minimum absolute atomic E-state index is 0.188. The Bertz CT molecular complexity index is 675. The standard InChI is InChI=1S/C20H20O3/c21-20-18(19(15-23-20)17-10-5-2-6-11-17)12-7-13-22-14-16-8-3-1-4-9-16/h1-6,8-11H,7,12-15H2. The maximum Gasteiger partial charge on any atom is 0.334 e. The van der Waals surface area contributed by atoms with E-state index in [-0.39, 0.29) is 5.97 Å². The molecule has 0 saturated heterocycles. The lowest BCUT2D eigenvalue weighted by atomic mass is 9.99. The van der Waals surface area contributed by atoms with Gasteiger partial charge in [0, 0.05) is 17.8 Å². The Hall–Kier alpha value is -2.39.